The minimum absolute atomic E-state index is 0.134. The molecule has 2 aromatic heterocycles. The van der Waals surface area contributed by atoms with Crippen LogP contribution >= 0.6 is 0 Å². The average molecular weight is 430 g/mol. The number of anilines is 2. The number of likely N-dealkylation sites (N-methyl/N-ethyl adjacent to an activating group) is 1. The van der Waals surface area contributed by atoms with Crippen molar-refractivity contribution in [2.75, 3.05) is 17.7 Å². The van der Waals surface area contributed by atoms with Crippen molar-refractivity contribution in [2.24, 2.45) is 0 Å². The van der Waals surface area contributed by atoms with Crippen LogP contribution in [-0.4, -0.2) is 60.5 Å². The van der Waals surface area contributed by atoms with Gasteiger partial charge in [0, 0.05) is 12.7 Å². The molecular weight excluding hydrogens is 404 g/mol. The van der Waals surface area contributed by atoms with Crippen LogP contribution in [0.2, 0.25) is 0 Å². The summed E-state index contributed by atoms with van der Waals surface area (Å²) >= 11 is 0. The second-order valence-electron chi connectivity index (χ2n) is 7.37. The predicted molar refractivity (Wildman–Crippen MR) is 112 cm³/mol. The highest BCUT2D eigenvalue weighted by molar-refractivity contribution is 5.83. The van der Waals surface area contributed by atoms with Crippen LogP contribution in [-0.2, 0) is 9.53 Å². The van der Waals surface area contributed by atoms with E-state index in [9.17, 15) is 15.0 Å². The molecule has 1 saturated heterocycles. The number of hydrogen-bond acceptors (Lipinski definition) is 10. The first-order chi connectivity index (χ1) is 15.0. The molecule has 0 spiro atoms. The Morgan fingerprint density at radius 2 is 2.19 bits per heavy atom. The maximum Gasteiger partial charge on any atom is 0.252 e. The number of fused-ring (bicyclic) bond motifs is 1. The Morgan fingerprint density at radius 3 is 2.94 bits per heavy atom. The van der Waals surface area contributed by atoms with Gasteiger partial charge in [-0.15, -0.1) is 0 Å². The van der Waals surface area contributed by atoms with E-state index in [1.807, 2.05) is 6.20 Å². The Morgan fingerprint density at radius 1 is 1.35 bits per heavy atom. The molecule has 0 unspecified atom stereocenters. The number of nitrogens with one attached hydrogen (secondary N) is 3. The van der Waals surface area contributed by atoms with Crippen molar-refractivity contribution in [3.63, 3.8) is 0 Å². The van der Waals surface area contributed by atoms with Crippen molar-refractivity contribution in [1.29, 1.82) is 0 Å². The molecule has 0 aromatic carbocycles. The molecule has 1 aliphatic heterocycles. The number of imidazole rings is 1. The van der Waals surface area contributed by atoms with E-state index in [1.54, 1.807) is 6.92 Å². The third-order valence-corrected chi connectivity index (χ3v) is 5.21. The fraction of sp³-hybridized carbons (Fsp3) is 0.474. The summed E-state index contributed by atoms with van der Waals surface area (Å²) in [7, 11) is 0. The van der Waals surface area contributed by atoms with Crippen LogP contribution in [0, 0.1) is 0 Å². The van der Waals surface area contributed by atoms with Gasteiger partial charge in [0.1, 0.15) is 17.7 Å². The quantitative estimate of drug-likeness (QED) is 0.264. The largest absolute Gasteiger partial charge is 0.387 e. The number of aliphatic hydroxyl groups is 2. The summed E-state index contributed by atoms with van der Waals surface area (Å²) in [6, 6.07) is 0. The highest BCUT2D eigenvalue weighted by Gasteiger charge is 2.47. The molecule has 1 amide bonds. The maximum atomic E-state index is 12.1. The Bertz CT molecular complexity index is 1020. The molecule has 166 valence electrons. The Kier molecular flexibility index (Phi) is 6.02. The minimum Gasteiger partial charge on any atom is -0.387 e. The second kappa shape index (κ2) is 8.88. The van der Waals surface area contributed by atoms with E-state index in [-0.39, 0.29) is 17.4 Å². The molecule has 12 nitrogen and oxygen atoms in total. The molecule has 0 radical (unpaired) electrons. The van der Waals surface area contributed by atoms with Crippen molar-refractivity contribution < 1.29 is 19.7 Å². The molecule has 7 N–H and O–H groups in total. The molecular formula is C19H26N8O4. The van der Waals surface area contributed by atoms with Gasteiger partial charge in [-0.1, -0.05) is 12.2 Å². The lowest BCUT2D eigenvalue weighted by Crippen LogP contribution is -2.42. The highest BCUT2D eigenvalue weighted by Crippen LogP contribution is 2.32. The van der Waals surface area contributed by atoms with E-state index in [2.05, 4.69) is 43.3 Å². The molecule has 3 heterocycles. The van der Waals surface area contributed by atoms with Gasteiger partial charge in [-0.3, -0.25) is 14.8 Å². The fourth-order valence-corrected chi connectivity index (χ4v) is 3.62. The Hall–Kier alpha value is -3.22. The zero-order valence-electron chi connectivity index (χ0n) is 17.0. The van der Waals surface area contributed by atoms with Gasteiger partial charge in [0.05, 0.1) is 6.33 Å². The fourth-order valence-electron chi connectivity index (χ4n) is 3.62. The van der Waals surface area contributed by atoms with Crippen molar-refractivity contribution in [3.8, 4) is 0 Å². The number of allylic oxidation sites excluding steroid dienone is 3. The van der Waals surface area contributed by atoms with Crippen molar-refractivity contribution in [1.82, 2.24) is 30.3 Å². The van der Waals surface area contributed by atoms with Gasteiger partial charge in [0.15, 0.2) is 23.8 Å². The lowest BCUT2D eigenvalue weighted by molar-refractivity contribution is -0.137. The minimum atomic E-state index is -1.40. The third-order valence-electron chi connectivity index (χ3n) is 5.21. The molecule has 2 aliphatic rings. The Labute approximate surface area is 178 Å². The van der Waals surface area contributed by atoms with E-state index < -0.39 is 30.4 Å². The summed E-state index contributed by atoms with van der Waals surface area (Å²) in [5, 5.41) is 23.3. The van der Waals surface area contributed by atoms with E-state index in [0.717, 1.165) is 19.3 Å². The summed E-state index contributed by atoms with van der Waals surface area (Å²) in [5.41, 5.74) is 13.7. The zero-order valence-corrected chi connectivity index (χ0v) is 17.0. The summed E-state index contributed by atoms with van der Waals surface area (Å²) in [6.45, 7) is 2.12. The van der Waals surface area contributed by atoms with Gasteiger partial charge >= 0.3 is 0 Å². The first-order valence-electron chi connectivity index (χ1n) is 10.1. The SMILES string of the molecule is CCNC(=O)[C@H]1O[C@@H](n2cnc3c(N)nc(NNC=C4CC=CCC4)nc32)[C@H](O)[C@@H]1O. The zero-order chi connectivity index (χ0) is 22.0. The number of hydrazine groups is 1. The van der Waals surface area contributed by atoms with E-state index in [0.29, 0.717) is 12.1 Å². The average Bonchev–Trinajstić information content (AvgIpc) is 3.31. The van der Waals surface area contributed by atoms with Gasteiger partial charge in [0.25, 0.3) is 5.91 Å². The van der Waals surface area contributed by atoms with E-state index in [1.165, 1.54) is 16.5 Å². The molecule has 0 bridgehead atoms. The van der Waals surface area contributed by atoms with E-state index >= 15 is 0 Å². The van der Waals surface area contributed by atoms with Crippen LogP contribution in [0.4, 0.5) is 11.8 Å². The van der Waals surface area contributed by atoms with Gasteiger partial charge in [0.2, 0.25) is 5.95 Å². The predicted octanol–water partition coefficient (Wildman–Crippen LogP) is -0.296. The number of nitrogens with two attached hydrogens (primary N) is 1. The highest BCUT2D eigenvalue weighted by atomic mass is 16.6. The Balaban J connectivity index is 1.56. The number of hydrogen-bond donors (Lipinski definition) is 6. The molecule has 0 saturated carbocycles. The molecule has 4 rings (SSSR count). The molecule has 1 aliphatic carbocycles. The van der Waals surface area contributed by atoms with Gasteiger partial charge in [-0.25, -0.2) is 4.98 Å². The normalized spacial score (nSPS) is 27.0. The van der Waals surface area contributed by atoms with Gasteiger partial charge in [-0.2, -0.15) is 9.97 Å². The second-order valence-corrected chi connectivity index (χ2v) is 7.37. The maximum absolute atomic E-state index is 12.1. The van der Waals surface area contributed by atoms with Crippen LogP contribution in [0.15, 0.2) is 30.3 Å². The number of carbonyl (C=O) groups is 1. The van der Waals surface area contributed by atoms with Crippen LogP contribution < -0.4 is 21.9 Å². The van der Waals surface area contributed by atoms with Crippen LogP contribution in [0.25, 0.3) is 11.2 Å². The van der Waals surface area contributed by atoms with Crippen LogP contribution in [0.3, 0.4) is 0 Å². The number of carbonyl (C=O) groups excluding carboxylic acids is 1. The number of aliphatic hydroxyl groups excluding tert-OH is 2. The number of nitrogens with zero attached hydrogens (tertiary/aromatic N) is 4. The number of amides is 1. The summed E-state index contributed by atoms with van der Waals surface area (Å²) in [5.74, 6) is -0.176. The van der Waals surface area contributed by atoms with Crippen LogP contribution in [0.5, 0.6) is 0 Å². The monoisotopic (exact) mass is 430 g/mol. The van der Waals surface area contributed by atoms with E-state index in [4.69, 9.17) is 10.5 Å². The standard InChI is InChI=1S/C19H26N8O4/c1-2-21-17(30)14-12(28)13(29)18(31-14)27-9-22-11-15(20)24-19(25-16(11)27)26-23-8-10-6-4-3-5-7-10/h3-4,8-9,12-14,18,23,28-29H,2,5-7H2,1H3,(H,21,30)(H3,20,24,25,26)/t12-,13+,14-,18+/m0/s1. The van der Waals surface area contributed by atoms with Crippen molar-refractivity contribution >= 4 is 28.8 Å². The molecule has 4 atom stereocenters. The molecule has 31 heavy (non-hydrogen) atoms. The molecule has 1 fully saturated rings. The topological polar surface area (TPSA) is 172 Å². The lowest BCUT2D eigenvalue weighted by Gasteiger charge is -2.17. The third kappa shape index (κ3) is 4.17. The number of rotatable bonds is 6. The first-order valence-corrected chi connectivity index (χ1v) is 10.1. The molecule has 2 aromatic rings. The van der Waals surface area contributed by atoms with Crippen LogP contribution in [0.1, 0.15) is 32.4 Å². The lowest BCUT2D eigenvalue weighted by atomic mass is 10.0. The summed E-state index contributed by atoms with van der Waals surface area (Å²) in [4.78, 5) is 24.9. The first kappa shape index (κ1) is 21.0. The van der Waals surface area contributed by atoms with Crippen molar-refractivity contribution in [2.45, 2.75) is 50.7 Å². The van der Waals surface area contributed by atoms with Gasteiger partial charge < -0.3 is 31.4 Å². The number of aromatic nitrogens is 4. The van der Waals surface area contributed by atoms with Gasteiger partial charge in [-0.05, 0) is 31.8 Å². The smallest absolute Gasteiger partial charge is 0.252 e. The summed E-state index contributed by atoms with van der Waals surface area (Å²) in [6.07, 6.45) is 5.33. The number of ether oxygens (including phenoxy) is 1. The van der Waals surface area contributed by atoms with Crippen molar-refractivity contribution in [3.05, 3.63) is 30.3 Å². The summed E-state index contributed by atoms with van der Waals surface area (Å²) < 4.78 is 7.08. The molecule has 12 heteroatoms. The number of nitrogen functional groups attached to an aromatic ring is 1.